The molecule has 1 fully saturated rings. The summed E-state index contributed by atoms with van der Waals surface area (Å²) in [6, 6.07) is 9.29. The van der Waals surface area contributed by atoms with Crippen molar-refractivity contribution in [3.05, 3.63) is 65.7 Å². The summed E-state index contributed by atoms with van der Waals surface area (Å²) in [5, 5.41) is 22.4. The van der Waals surface area contributed by atoms with E-state index in [0.717, 1.165) is 0 Å². The molecule has 0 aliphatic carbocycles. The number of aliphatic imine (C=N–C) groups is 1. The predicted octanol–water partition coefficient (Wildman–Crippen LogP) is -3.26. The average Bonchev–Trinajstić information content (AvgIpc) is 3.65. The number of phenols is 1. The minimum Gasteiger partial charge on any atom is -0.508 e. The smallest absolute Gasteiger partial charge is 0.243 e. The van der Waals surface area contributed by atoms with E-state index in [1.165, 1.54) is 24.0 Å². The van der Waals surface area contributed by atoms with Gasteiger partial charge in [-0.15, -0.1) is 0 Å². The maximum atomic E-state index is 13.6. The molecule has 14 N–H and O–H groups in total. The third-order valence-electron chi connectivity index (χ3n) is 8.77. The molecule has 5 atom stereocenters. The highest BCUT2D eigenvalue weighted by atomic mass is 16.3. The molecule has 298 valence electrons. The highest BCUT2D eigenvalue weighted by Gasteiger charge is 2.34. The number of carbonyl (C=O) groups is 7. The van der Waals surface area contributed by atoms with Crippen LogP contribution in [0.15, 0.2) is 59.6 Å². The summed E-state index contributed by atoms with van der Waals surface area (Å²) in [7, 11) is 0. The zero-order valence-corrected chi connectivity index (χ0v) is 30.7. The molecule has 1 heterocycles. The molecule has 7 amide bonds. The molecule has 3 rings (SSSR count). The first kappa shape index (κ1) is 43.2. The van der Waals surface area contributed by atoms with Crippen LogP contribution in [0.25, 0.3) is 0 Å². The van der Waals surface area contributed by atoms with Crippen molar-refractivity contribution in [1.82, 2.24) is 31.5 Å². The van der Waals surface area contributed by atoms with Gasteiger partial charge in [0.25, 0.3) is 0 Å². The second-order valence-electron chi connectivity index (χ2n) is 13.1. The fourth-order valence-corrected chi connectivity index (χ4v) is 5.86. The normalized spacial score (nSPS) is 15.7. The van der Waals surface area contributed by atoms with Gasteiger partial charge in [-0.3, -0.25) is 38.6 Å². The number of hydrogen-bond acceptors (Lipinski definition) is 10. The van der Waals surface area contributed by atoms with Crippen LogP contribution in [0, 0.1) is 0 Å². The average molecular weight is 766 g/mol. The van der Waals surface area contributed by atoms with Gasteiger partial charge < -0.3 is 59.5 Å². The molecule has 55 heavy (non-hydrogen) atoms. The number of phenolic OH excluding ortho intramolecular Hbond substituents is 1. The van der Waals surface area contributed by atoms with Crippen molar-refractivity contribution in [1.29, 1.82) is 0 Å². The highest BCUT2D eigenvalue weighted by molar-refractivity contribution is 5.96. The Morgan fingerprint density at radius 2 is 1.44 bits per heavy atom. The number of aromatic hydroxyl groups is 1. The van der Waals surface area contributed by atoms with Crippen LogP contribution in [0.3, 0.4) is 0 Å². The van der Waals surface area contributed by atoms with Gasteiger partial charge in [0.1, 0.15) is 36.0 Å². The topological polar surface area (TPSA) is 320 Å². The van der Waals surface area contributed by atoms with Gasteiger partial charge in [0.15, 0.2) is 5.96 Å². The van der Waals surface area contributed by atoms with Crippen LogP contribution in [0.5, 0.6) is 5.75 Å². The number of nitrogens with two attached hydrogens (primary N) is 4. The zero-order chi connectivity index (χ0) is 40.5. The Morgan fingerprint density at radius 3 is 2.07 bits per heavy atom. The maximum absolute atomic E-state index is 13.6. The number of benzene rings is 2. The molecule has 0 spiro atoms. The van der Waals surface area contributed by atoms with E-state index in [-0.39, 0.29) is 56.4 Å². The van der Waals surface area contributed by atoms with Crippen LogP contribution in [-0.4, -0.2) is 114 Å². The molecule has 0 bridgehead atoms. The minimum atomic E-state index is -1.22. The van der Waals surface area contributed by atoms with Gasteiger partial charge in [-0.25, -0.2) is 0 Å². The van der Waals surface area contributed by atoms with E-state index in [0.29, 0.717) is 30.5 Å². The summed E-state index contributed by atoms with van der Waals surface area (Å²) >= 11 is 0. The Hall–Kier alpha value is -6.24. The first-order valence-electron chi connectivity index (χ1n) is 17.8. The molecule has 1 aliphatic heterocycles. The third kappa shape index (κ3) is 14.3. The molecular formula is C36H51N11O8. The standard InChI is InChI=1S/C36H51N11O8/c1-21(32(52)46-27(18-22-7-3-2-4-8-22)34(54)45-26(31(38)51)17-23-11-13-24(48)14-12-23)43-33(53)25(9-5-15-41-36(39)40)44-29(49)20-42-35(55)28-10-6-16-47(28)30(50)19-37/h2-4,7-8,11-14,21,25-28,48H,5-6,9-10,15-20,37H2,1H3,(H2,38,51)(H,42,55)(H,43,53)(H,44,49)(H,45,54)(H,46,52)(H4,39,40,41). The number of primary amides is 1. The molecule has 0 aromatic heterocycles. The van der Waals surface area contributed by atoms with Crippen molar-refractivity contribution in [2.24, 2.45) is 27.9 Å². The summed E-state index contributed by atoms with van der Waals surface area (Å²) < 4.78 is 0. The molecular weight excluding hydrogens is 714 g/mol. The lowest BCUT2D eigenvalue weighted by atomic mass is 10.0. The largest absolute Gasteiger partial charge is 0.508 e. The van der Waals surface area contributed by atoms with E-state index < -0.39 is 72.2 Å². The minimum absolute atomic E-state index is 0.0206. The SMILES string of the molecule is CC(NC(=O)C(CCCN=C(N)N)NC(=O)CNC(=O)C1CCCN1C(=O)CN)C(=O)NC(Cc1ccccc1)C(=O)NC(Cc1ccc(O)cc1)C(N)=O. The summed E-state index contributed by atoms with van der Waals surface area (Å²) in [6.07, 6.45) is 1.37. The first-order chi connectivity index (χ1) is 26.2. The molecule has 19 heteroatoms. The van der Waals surface area contributed by atoms with Gasteiger partial charge in [0.05, 0.1) is 13.1 Å². The van der Waals surface area contributed by atoms with Crippen LogP contribution in [0.4, 0.5) is 0 Å². The molecule has 2 aromatic rings. The lowest BCUT2D eigenvalue weighted by Crippen LogP contribution is -2.58. The van der Waals surface area contributed by atoms with E-state index in [9.17, 15) is 38.7 Å². The Labute approximate surface area is 318 Å². The Balaban J connectivity index is 1.68. The van der Waals surface area contributed by atoms with Gasteiger partial charge in [-0.1, -0.05) is 42.5 Å². The molecule has 2 aromatic carbocycles. The van der Waals surface area contributed by atoms with Crippen molar-refractivity contribution >= 4 is 47.3 Å². The van der Waals surface area contributed by atoms with E-state index >= 15 is 0 Å². The zero-order valence-electron chi connectivity index (χ0n) is 30.7. The number of amides is 7. The van der Waals surface area contributed by atoms with E-state index in [1.54, 1.807) is 42.5 Å². The summed E-state index contributed by atoms with van der Waals surface area (Å²) in [6.45, 7) is 1.14. The van der Waals surface area contributed by atoms with Crippen LogP contribution in [-0.2, 0) is 46.4 Å². The van der Waals surface area contributed by atoms with Gasteiger partial charge in [-0.05, 0) is 55.9 Å². The Morgan fingerprint density at radius 1 is 0.818 bits per heavy atom. The van der Waals surface area contributed by atoms with Crippen molar-refractivity contribution in [3.63, 3.8) is 0 Å². The van der Waals surface area contributed by atoms with E-state index in [2.05, 4.69) is 31.6 Å². The molecule has 5 unspecified atom stereocenters. The van der Waals surface area contributed by atoms with E-state index in [4.69, 9.17) is 22.9 Å². The van der Waals surface area contributed by atoms with Gasteiger partial charge in [0.2, 0.25) is 41.4 Å². The van der Waals surface area contributed by atoms with Crippen LogP contribution >= 0.6 is 0 Å². The lowest BCUT2D eigenvalue weighted by molar-refractivity contribution is -0.138. The van der Waals surface area contributed by atoms with Crippen molar-refractivity contribution in [2.45, 2.75) is 75.7 Å². The van der Waals surface area contributed by atoms with Crippen LogP contribution in [0.2, 0.25) is 0 Å². The predicted molar refractivity (Wildman–Crippen MR) is 201 cm³/mol. The second-order valence-corrected chi connectivity index (χ2v) is 13.1. The number of hydrogen-bond donors (Lipinski definition) is 10. The maximum Gasteiger partial charge on any atom is 0.243 e. The second kappa shape index (κ2) is 21.5. The summed E-state index contributed by atoms with van der Waals surface area (Å²) in [5.41, 5.74) is 23.2. The monoisotopic (exact) mass is 765 g/mol. The van der Waals surface area contributed by atoms with Crippen LogP contribution in [0.1, 0.15) is 43.7 Å². The number of guanidine groups is 1. The number of nitrogens with zero attached hydrogens (tertiary/aromatic N) is 2. The summed E-state index contributed by atoms with van der Waals surface area (Å²) in [4.78, 5) is 95.9. The van der Waals surface area contributed by atoms with Crippen LogP contribution < -0.4 is 49.5 Å². The number of likely N-dealkylation sites (tertiary alicyclic amines) is 1. The Kier molecular flexibility index (Phi) is 16.8. The number of rotatable bonds is 20. The van der Waals surface area contributed by atoms with Crippen molar-refractivity contribution in [3.8, 4) is 5.75 Å². The summed E-state index contributed by atoms with van der Waals surface area (Å²) in [5.74, 6) is -4.79. The first-order valence-corrected chi connectivity index (χ1v) is 17.8. The molecule has 1 saturated heterocycles. The fourth-order valence-electron chi connectivity index (χ4n) is 5.86. The highest BCUT2D eigenvalue weighted by Crippen LogP contribution is 2.17. The Bertz CT molecular complexity index is 1690. The molecule has 0 saturated carbocycles. The lowest BCUT2D eigenvalue weighted by Gasteiger charge is -2.25. The fraction of sp³-hybridized carbons (Fsp3) is 0.444. The molecule has 0 radical (unpaired) electrons. The number of nitrogens with one attached hydrogen (secondary N) is 5. The van der Waals surface area contributed by atoms with Gasteiger partial charge in [0, 0.05) is 25.9 Å². The molecule has 1 aliphatic rings. The van der Waals surface area contributed by atoms with Crippen molar-refractivity contribution < 1.29 is 38.7 Å². The number of carbonyl (C=O) groups excluding carboxylic acids is 7. The van der Waals surface area contributed by atoms with Gasteiger partial charge in [-0.2, -0.15) is 0 Å². The quantitative estimate of drug-likeness (QED) is 0.0362. The van der Waals surface area contributed by atoms with Crippen molar-refractivity contribution in [2.75, 3.05) is 26.2 Å². The third-order valence-corrected chi connectivity index (χ3v) is 8.77. The van der Waals surface area contributed by atoms with Gasteiger partial charge >= 0.3 is 0 Å². The van der Waals surface area contributed by atoms with E-state index in [1.807, 2.05) is 0 Å². The molecule has 19 nitrogen and oxygen atoms in total.